The van der Waals surface area contributed by atoms with E-state index in [4.69, 9.17) is 19.9 Å². The number of phenolic OH excluding ortho intramolecular Hbond substituents is 1. The molecule has 9 nitrogen and oxygen atoms in total. The van der Waals surface area contributed by atoms with Crippen molar-refractivity contribution in [3.05, 3.63) is 23.3 Å². The molecule has 29 heavy (non-hydrogen) atoms. The number of methoxy groups -OCH3 is 1. The number of hydrogen-bond acceptors (Lipinski definition) is 7. The van der Waals surface area contributed by atoms with Gasteiger partial charge in [-0.05, 0) is 33.3 Å². The Morgan fingerprint density at radius 2 is 1.97 bits per heavy atom. The van der Waals surface area contributed by atoms with Gasteiger partial charge in [-0.25, -0.2) is 0 Å². The highest BCUT2D eigenvalue weighted by molar-refractivity contribution is 6.02. The van der Waals surface area contributed by atoms with Crippen LogP contribution in [0.1, 0.15) is 49.5 Å². The van der Waals surface area contributed by atoms with Gasteiger partial charge in [0.1, 0.15) is 29.7 Å². The Morgan fingerprint density at radius 1 is 1.28 bits per heavy atom. The third-order valence-corrected chi connectivity index (χ3v) is 4.32. The van der Waals surface area contributed by atoms with Gasteiger partial charge in [0.05, 0.1) is 18.7 Å². The molecule has 0 spiro atoms. The lowest BCUT2D eigenvalue weighted by Crippen LogP contribution is -2.45. The van der Waals surface area contributed by atoms with Crippen LogP contribution < -0.4 is 10.5 Å². The van der Waals surface area contributed by atoms with Crippen LogP contribution in [0.5, 0.6) is 11.5 Å². The number of ether oxygens (including phenoxy) is 3. The molecule has 1 atom stereocenters. The number of primary amides is 1. The summed E-state index contributed by atoms with van der Waals surface area (Å²) in [5.41, 5.74) is 5.46. The molecule has 0 aromatic heterocycles. The second-order valence-corrected chi connectivity index (χ2v) is 7.79. The number of esters is 1. The van der Waals surface area contributed by atoms with E-state index in [1.165, 1.54) is 24.1 Å². The number of fused-ring (bicyclic) bond motifs is 1. The first-order chi connectivity index (χ1) is 13.5. The van der Waals surface area contributed by atoms with Crippen LogP contribution in [0.3, 0.4) is 0 Å². The van der Waals surface area contributed by atoms with E-state index < -0.39 is 29.4 Å². The number of hydrogen-bond donors (Lipinski definition) is 2. The van der Waals surface area contributed by atoms with Gasteiger partial charge in [0.15, 0.2) is 0 Å². The van der Waals surface area contributed by atoms with E-state index in [1.54, 1.807) is 20.8 Å². The molecule has 160 valence electrons. The van der Waals surface area contributed by atoms with Crippen molar-refractivity contribution >= 4 is 17.8 Å². The molecule has 0 radical (unpaired) electrons. The summed E-state index contributed by atoms with van der Waals surface area (Å²) in [6.45, 7) is 5.85. The summed E-state index contributed by atoms with van der Waals surface area (Å²) < 4.78 is 15.6. The van der Waals surface area contributed by atoms with Crippen LogP contribution in [0.25, 0.3) is 0 Å². The van der Waals surface area contributed by atoms with E-state index in [0.717, 1.165) is 0 Å². The van der Waals surface area contributed by atoms with Crippen LogP contribution in [0.2, 0.25) is 0 Å². The van der Waals surface area contributed by atoms with Gasteiger partial charge in [-0.2, -0.15) is 0 Å². The maximum atomic E-state index is 12.9. The van der Waals surface area contributed by atoms with Crippen LogP contribution in [-0.2, 0) is 25.6 Å². The van der Waals surface area contributed by atoms with Gasteiger partial charge in [-0.3, -0.25) is 14.4 Å². The molecule has 0 bridgehead atoms. The van der Waals surface area contributed by atoms with Crippen LogP contribution >= 0.6 is 0 Å². The van der Waals surface area contributed by atoms with Crippen molar-refractivity contribution in [3.63, 3.8) is 0 Å². The zero-order chi connectivity index (χ0) is 21.8. The Balaban J connectivity index is 2.13. The SMILES string of the molecule is COCCOc1cc(O)c2c(c1)C(=O)N([C@@H](CCC(=O)OC(C)(C)C)C(N)=O)C2. The fraction of sp³-hybridized carbons (Fsp3) is 0.550. The highest BCUT2D eigenvalue weighted by Gasteiger charge is 2.37. The van der Waals surface area contributed by atoms with Crippen molar-refractivity contribution < 1.29 is 33.7 Å². The number of benzene rings is 1. The van der Waals surface area contributed by atoms with Crippen molar-refractivity contribution in [2.24, 2.45) is 5.73 Å². The summed E-state index contributed by atoms with van der Waals surface area (Å²) in [6, 6.07) is 1.92. The zero-order valence-electron chi connectivity index (χ0n) is 17.2. The number of nitrogens with two attached hydrogens (primary N) is 1. The second kappa shape index (κ2) is 9.13. The predicted octanol–water partition coefficient (Wildman–Crippen LogP) is 1.35. The summed E-state index contributed by atoms with van der Waals surface area (Å²) in [5.74, 6) is -1.46. The monoisotopic (exact) mass is 408 g/mol. The molecule has 1 heterocycles. The van der Waals surface area contributed by atoms with E-state index in [9.17, 15) is 19.5 Å². The number of phenols is 1. The average Bonchev–Trinajstić information content (AvgIpc) is 2.91. The topological polar surface area (TPSA) is 128 Å². The fourth-order valence-corrected chi connectivity index (χ4v) is 3.06. The molecule has 1 aromatic carbocycles. The van der Waals surface area contributed by atoms with Gasteiger partial charge in [0.2, 0.25) is 5.91 Å². The van der Waals surface area contributed by atoms with Crippen molar-refractivity contribution in [3.8, 4) is 11.5 Å². The molecule has 1 aromatic rings. The Hall–Kier alpha value is -2.81. The maximum absolute atomic E-state index is 12.9. The summed E-state index contributed by atoms with van der Waals surface area (Å²) in [6.07, 6.45) is -0.0374. The van der Waals surface area contributed by atoms with E-state index in [2.05, 4.69) is 0 Å². The molecule has 9 heteroatoms. The molecule has 2 amide bonds. The summed E-state index contributed by atoms with van der Waals surface area (Å²) >= 11 is 0. The number of nitrogens with zero attached hydrogens (tertiary/aromatic N) is 1. The molecule has 1 aliphatic rings. The van der Waals surface area contributed by atoms with Crippen LogP contribution in [0, 0.1) is 0 Å². The van der Waals surface area contributed by atoms with Gasteiger partial charge >= 0.3 is 5.97 Å². The minimum absolute atomic E-state index is 0.0142. The second-order valence-electron chi connectivity index (χ2n) is 7.79. The van der Waals surface area contributed by atoms with Crippen LogP contribution in [-0.4, -0.2) is 59.8 Å². The summed E-state index contributed by atoms with van der Waals surface area (Å²) in [7, 11) is 1.53. The van der Waals surface area contributed by atoms with E-state index in [0.29, 0.717) is 17.9 Å². The van der Waals surface area contributed by atoms with Gasteiger partial charge in [-0.1, -0.05) is 0 Å². The van der Waals surface area contributed by atoms with Gasteiger partial charge in [0, 0.05) is 25.2 Å². The van der Waals surface area contributed by atoms with Crippen LogP contribution in [0.15, 0.2) is 12.1 Å². The van der Waals surface area contributed by atoms with Gasteiger partial charge in [0.25, 0.3) is 5.91 Å². The molecule has 3 N–H and O–H groups in total. The van der Waals surface area contributed by atoms with E-state index in [-0.39, 0.29) is 37.3 Å². The zero-order valence-corrected chi connectivity index (χ0v) is 17.2. The molecule has 0 unspecified atom stereocenters. The molecule has 0 saturated carbocycles. The Labute approximate surface area is 169 Å². The number of amides is 2. The van der Waals surface area contributed by atoms with Crippen LogP contribution in [0.4, 0.5) is 0 Å². The minimum atomic E-state index is -1.00. The van der Waals surface area contributed by atoms with Crippen molar-refractivity contribution in [2.75, 3.05) is 20.3 Å². The molecular weight excluding hydrogens is 380 g/mol. The largest absolute Gasteiger partial charge is 0.507 e. The predicted molar refractivity (Wildman–Crippen MR) is 103 cm³/mol. The maximum Gasteiger partial charge on any atom is 0.306 e. The Morgan fingerprint density at radius 3 is 2.55 bits per heavy atom. The first kappa shape index (κ1) is 22.5. The summed E-state index contributed by atoms with van der Waals surface area (Å²) in [5, 5.41) is 10.3. The fourth-order valence-electron chi connectivity index (χ4n) is 3.06. The minimum Gasteiger partial charge on any atom is -0.507 e. The molecule has 1 aliphatic heterocycles. The number of rotatable bonds is 9. The highest BCUT2D eigenvalue weighted by atomic mass is 16.6. The quantitative estimate of drug-likeness (QED) is 0.466. The van der Waals surface area contributed by atoms with Crippen molar-refractivity contribution in [2.45, 2.75) is 51.8 Å². The lowest BCUT2D eigenvalue weighted by Gasteiger charge is -2.25. The van der Waals surface area contributed by atoms with Crippen molar-refractivity contribution in [1.29, 1.82) is 0 Å². The average molecular weight is 408 g/mol. The number of aromatic hydroxyl groups is 1. The molecule has 0 aliphatic carbocycles. The first-order valence-electron chi connectivity index (χ1n) is 9.33. The Bertz CT molecular complexity index is 786. The van der Waals surface area contributed by atoms with Crippen molar-refractivity contribution in [1.82, 2.24) is 4.90 Å². The van der Waals surface area contributed by atoms with Gasteiger partial charge < -0.3 is 30.0 Å². The molecular formula is C20H28N2O7. The van der Waals surface area contributed by atoms with E-state index in [1.807, 2.05) is 0 Å². The third-order valence-electron chi connectivity index (χ3n) is 4.32. The Kier molecular flexibility index (Phi) is 7.07. The molecule has 0 fully saturated rings. The number of carbonyl (C=O) groups excluding carboxylic acids is 3. The van der Waals surface area contributed by atoms with E-state index >= 15 is 0 Å². The third kappa shape index (κ3) is 5.83. The highest BCUT2D eigenvalue weighted by Crippen LogP contribution is 2.36. The number of carbonyl (C=O) groups is 3. The summed E-state index contributed by atoms with van der Waals surface area (Å²) in [4.78, 5) is 38.1. The molecule has 2 rings (SSSR count). The lowest BCUT2D eigenvalue weighted by atomic mass is 10.1. The normalized spacial score (nSPS) is 14.5. The van der Waals surface area contributed by atoms with Gasteiger partial charge in [-0.15, -0.1) is 0 Å². The first-order valence-corrected chi connectivity index (χ1v) is 9.33. The lowest BCUT2D eigenvalue weighted by molar-refractivity contribution is -0.155. The standard InChI is InChI=1S/C20H28N2O7/c1-20(2,3)29-17(24)6-5-15(18(21)25)22-11-14-13(19(22)26)9-12(10-16(14)23)28-8-7-27-4/h9-10,15,23H,5-8,11H2,1-4H3,(H2,21,25)/t15-/m0/s1. The smallest absolute Gasteiger partial charge is 0.306 e. The molecule has 0 saturated heterocycles.